The highest BCUT2D eigenvalue weighted by Gasteiger charge is 1.94. The van der Waals surface area contributed by atoms with Crippen LogP contribution in [0.5, 0.6) is 0 Å². The van der Waals surface area contributed by atoms with E-state index in [9.17, 15) is 4.39 Å². The van der Waals surface area contributed by atoms with Crippen molar-refractivity contribution in [1.82, 2.24) is 0 Å². The summed E-state index contributed by atoms with van der Waals surface area (Å²) in [6.45, 7) is 3.78. The molecule has 0 N–H and O–H groups in total. The van der Waals surface area contributed by atoms with Crippen molar-refractivity contribution in [3.8, 4) is 0 Å². The van der Waals surface area contributed by atoms with Gasteiger partial charge in [0.2, 0.25) is 0 Å². The third kappa shape index (κ3) is 4.07. The van der Waals surface area contributed by atoms with Crippen LogP contribution in [-0.4, -0.2) is 0 Å². The van der Waals surface area contributed by atoms with Crippen molar-refractivity contribution in [3.05, 3.63) is 42.6 Å². The quantitative estimate of drug-likeness (QED) is 0.604. The van der Waals surface area contributed by atoms with Gasteiger partial charge in [0.05, 0.1) is 0 Å². The molecule has 0 saturated heterocycles. The summed E-state index contributed by atoms with van der Waals surface area (Å²) in [5.74, 6) is -0.130. The highest BCUT2D eigenvalue weighted by Crippen LogP contribution is 2.09. The summed E-state index contributed by atoms with van der Waals surface area (Å²) in [6.07, 6.45) is 5.50. The van der Waals surface area contributed by atoms with E-state index in [4.69, 9.17) is 0 Å². The van der Waals surface area contributed by atoms with Crippen molar-refractivity contribution in [3.63, 3.8) is 0 Å². The second-order valence-electron chi connectivity index (χ2n) is 3.29. The fraction of sp³-hybridized carbons (Fsp3) is 0.417. The molecule has 0 fully saturated rings. The second-order valence-corrected chi connectivity index (χ2v) is 3.29. The van der Waals surface area contributed by atoms with E-state index in [1.165, 1.54) is 18.9 Å². The van der Waals surface area contributed by atoms with Crippen LogP contribution in [0.15, 0.2) is 24.3 Å². The lowest BCUT2D eigenvalue weighted by molar-refractivity contribution is 0.622. The molecule has 1 radical (unpaired) electrons. The van der Waals surface area contributed by atoms with Crippen molar-refractivity contribution in [1.29, 1.82) is 0 Å². The van der Waals surface area contributed by atoms with Crippen LogP contribution in [0.25, 0.3) is 0 Å². The molecule has 13 heavy (non-hydrogen) atoms. The lowest BCUT2D eigenvalue weighted by Gasteiger charge is -2.00. The summed E-state index contributed by atoms with van der Waals surface area (Å²) >= 11 is 0. The molecule has 0 atom stereocenters. The molecule has 0 aliphatic rings. The maximum absolute atomic E-state index is 12.7. The van der Waals surface area contributed by atoms with Crippen LogP contribution < -0.4 is 0 Å². The SMILES string of the molecule is [CH2]CCCCCc1cccc(F)c1. The number of benzene rings is 1. The summed E-state index contributed by atoms with van der Waals surface area (Å²) in [7, 11) is 0. The summed E-state index contributed by atoms with van der Waals surface area (Å²) in [5, 5.41) is 0. The maximum Gasteiger partial charge on any atom is 0.123 e. The van der Waals surface area contributed by atoms with E-state index in [-0.39, 0.29) is 5.82 Å². The van der Waals surface area contributed by atoms with Gasteiger partial charge in [-0.3, -0.25) is 0 Å². The molecule has 71 valence electrons. The second kappa shape index (κ2) is 5.74. The molecule has 1 rings (SSSR count). The molecule has 1 heteroatoms. The minimum atomic E-state index is -0.130. The Bertz CT molecular complexity index is 243. The Balaban J connectivity index is 2.28. The summed E-state index contributed by atoms with van der Waals surface area (Å²) in [4.78, 5) is 0. The molecular weight excluding hydrogens is 163 g/mol. The van der Waals surface area contributed by atoms with E-state index < -0.39 is 0 Å². The molecule has 0 saturated carbocycles. The topological polar surface area (TPSA) is 0 Å². The zero-order valence-electron chi connectivity index (χ0n) is 7.93. The van der Waals surface area contributed by atoms with Gasteiger partial charge in [-0.05, 0) is 30.5 Å². The molecule has 0 unspecified atom stereocenters. The number of halogens is 1. The number of hydrogen-bond acceptors (Lipinski definition) is 0. The van der Waals surface area contributed by atoms with Gasteiger partial charge < -0.3 is 0 Å². The molecule has 0 heterocycles. The van der Waals surface area contributed by atoms with Crippen LogP contribution in [0.2, 0.25) is 0 Å². The van der Waals surface area contributed by atoms with Crippen LogP contribution in [0, 0.1) is 12.7 Å². The average Bonchev–Trinajstić information content (AvgIpc) is 2.13. The number of rotatable bonds is 5. The number of hydrogen-bond donors (Lipinski definition) is 0. The minimum absolute atomic E-state index is 0.130. The highest BCUT2D eigenvalue weighted by atomic mass is 19.1. The Morgan fingerprint density at radius 3 is 2.69 bits per heavy atom. The highest BCUT2D eigenvalue weighted by molar-refractivity contribution is 5.16. The molecule has 0 aliphatic heterocycles. The Hall–Kier alpha value is -0.850. The van der Waals surface area contributed by atoms with E-state index in [2.05, 4.69) is 6.92 Å². The lowest BCUT2D eigenvalue weighted by Crippen LogP contribution is -1.86. The molecule has 0 aliphatic carbocycles. The number of unbranched alkanes of at least 4 members (excludes halogenated alkanes) is 3. The first kappa shape index (κ1) is 10.2. The lowest BCUT2D eigenvalue weighted by atomic mass is 10.1. The van der Waals surface area contributed by atoms with Crippen molar-refractivity contribution < 1.29 is 4.39 Å². The fourth-order valence-electron chi connectivity index (χ4n) is 1.38. The predicted octanol–water partition coefficient (Wildman–Crippen LogP) is 3.76. The van der Waals surface area contributed by atoms with E-state index in [1.807, 2.05) is 6.07 Å². The van der Waals surface area contributed by atoms with Gasteiger partial charge in [0.25, 0.3) is 0 Å². The summed E-state index contributed by atoms with van der Waals surface area (Å²) in [6, 6.07) is 6.85. The van der Waals surface area contributed by atoms with E-state index in [0.717, 1.165) is 24.8 Å². The van der Waals surface area contributed by atoms with Crippen LogP contribution in [-0.2, 0) is 6.42 Å². The van der Waals surface area contributed by atoms with E-state index >= 15 is 0 Å². The van der Waals surface area contributed by atoms with Gasteiger partial charge in [0.1, 0.15) is 5.82 Å². The van der Waals surface area contributed by atoms with E-state index in [1.54, 1.807) is 12.1 Å². The van der Waals surface area contributed by atoms with Gasteiger partial charge >= 0.3 is 0 Å². The third-order valence-electron chi connectivity index (χ3n) is 2.10. The molecule has 1 aromatic carbocycles. The molecule has 1 aromatic rings. The Kier molecular flexibility index (Phi) is 4.52. The van der Waals surface area contributed by atoms with Gasteiger partial charge in [-0.1, -0.05) is 38.3 Å². The molecule has 0 amide bonds. The zero-order chi connectivity index (χ0) is 9.52. The van der Waals surface area contributed by atoms with Gasteiger partial charge in [-0.2, -0.15) is 0 Å². The normalized spacial score (nSPS) is 10.3. The Morgan fingerprint density at radius 2 is 2.00 bits per heavy atom. The van der Waals surface area contributed by atoms with Gasteiger partial charge in [0.15, 0.2) is 0 Å². The maximum atomic E-state index is 12.7. The smallest absolute Gasteiger partial charge is 0.123 e. The van der Waals surface area contributed by atoms with Crippen molar-refractivity contribution >= 4 is 0 Å². The minimum Gasteiger partial charge on any atom is -0.207 e. The first-order valence-electron chi connectivity index (χ1n) is 4.86. The molecule has 0 spiro atoms. The number of aryl methyl sites for hydroxylation is 1. The standard InChI is InChI=1S/C12H16F/c1-2-3-4-5-7-11-8-6-9-12(13)10-11/h6,8-10H,1-5,7H2. The van der Waals surface area contributed by atoms with Crippen molar-refractivity contribution in [2.75, 3.05) is 0 Å². The van der Waals surface area contributed by atoms with Crippen LogP contribution in [0.1, 0.15) is 31.2 Å². The van der Waals surface area contributed by atoms with Crippen molar-refractivity contribution in [2.45, 2.75) is 32.1 Å². The van der Waals surface area contributed by atoms with Crippen LogP contribution in [0.3, 0.4) is 0 Å². The summed E-state index contributed by atoms with van der Waals surface area (Å²) in [5.41, 5.74) is 1.10. The first-order chi connectivity index (χ1) is 6.33. The predicted molar refractivity (Wildman–Crippen MR) is 53.9 cm³/mol. The fourth-order valence-corrected chi connectivity index (χ4v) is 1.38. The van der Waals surface area contributed by atoms with Crippen LogP contribution >= 0.6 is 0 Å². The average molecular weight is 179 g/mol. The third-order valence-corrected chi connectivity index (χ3v) is 2.10. The summed E-state index contributed by atoms with van der Waals surface area (Å²) < 4.78 is 12.7. The van der Waals surface area contributed by atoms with Crippen molar-refractivity contribution in [2.24, 2.45) is 0 Å². The monoisotopic (exact) mass is 179 g/mol. The van der Waals surface area contributed by atoms with Crippen LogP contribution in [0.4, 0.5) is 4.39 Å². The molecule has 0 nitrogen and oxygen atoms in total. The molecular formula is C12H16F. The zero-order valence-corrected chi connectivity index (χ0v) is 7.93. The van der Waals surface area contributed by atoms with Gasteiger partial charge in [0, 0.05) is 0 Å². The molecule has 0 aromatic heterocycles. The Labute approximate surface area is 79.8 Å². The van der Waals surface area contributed by atoms with Gasteiger partial charge in [-0.15, -0.1) is 0 Å². The largest absolute Gasteiger partial charge is 0.207 e. The van der Waals surface area contributed by atoms with Gasteiger partial charge in [-0.25, -0.2) is 4.39 Å². The Morgan fingerprint density at radius 1 is 1.15 bits per heavy atom. The molecule has 0 bridgehead atoms. The first-order valence-corrected chi connectivity index (χ1v) is 4.86. The van der Waals surface area contributed by atoms with E-state index in [0.29, 0.717) is 0 Å².